The lowest BCUT2D eigenvalue weighted by Crippen LogP contribution is -2.00. The minimum Gasteiger partial charge on any atom is -0.505 e. The van der Waals surface area contributed by atoms with E-state index in [-0.39, 0.29) is 0 Å². The van der Waals surface area contributed by atoms with Gasteiger partial charge in [0.05, 0.1) is 5.69 Å². The highest BCUT2D eigenvalue weighted by Gasteiger charge is 2.11. The Morgan fingerprint density at radius 2 is 2.04 bits per heavy atom. The lowest BCUT2D eigenvalue weighted by Gasteiger charge is -2.10. The minimum absolute atomic E-state index is 0.410. The van der Waals surface area contributed by atoms with Crippen LogP contribution >= 0.6 is 0 Å². The van der Waals surface area contributed by atoms with Crippen molar-refractivity contribution < 1.29 is 9.50 Å². The summed E-state index contributed by atoms with van der Waals surface area (Å²) in [5.74, 6) is -0.510. The van der Waals surface area contributed by atoms with E-state index in [0.717, 1.165) is 16.6 Å². The van der Waals surface area contributed by atoms with Crippen molar-refractivity contribution >= 4 is 28.1 Å². The first kappa shape index (κ1) is 15.4. The molecule has 0 amide bonds. The number of anilines is 2. The van der Waals surface area contributed by atoms with E-state index in [2.05, 4.69) is 20.3 Å². The van der Waals surface area contributed by atoms with E-state index in [9.17, 15) is 9.50 Å². The molecule has 132 valence electrons. The standard InChI is InChI=1S/C20H14FN5O/c21-15-3-1-12(10-18(15)27)17-11-26-8-7-23-20(26)19(25-17)24-14-2-4-16-13(9-14)5-6-22-16/h1-11,22,27H,(H,24,25). The first-order chi connectivity index (χ1) is 13.2. The molecule has 3 N–H and O–H groups in total. The summed E-state index contributed by atoms with van der Waals surface area (Å²) in [6.45, 7) is 0. The van der Waals surface area contributed by atoms with Gasteiger partial charge >= 0.3 is 0 Å². The van der Waals surface area contributed by atoms with Crippen LogP contribution in [0.4, 0.5) is 15.9 Å². The SMILES string of the molecule is Oc1cc(-c2cn3ccnc3c(Nc3ccc4[nH]ccc4c3)n2)ccc1F. The fourth-order valence-electron chi connectivity index (χ4n) is 3.09. The molecule has 0 bridgehead atoms. The van der Waals surface area contributed by atoms with Gasteiger partial charge in [0.25, 0.3) is 0 Å². The number of nitrogens with zero attached hydrogens (tertiary/aromatic N) is 3. The van der Waals surface area contributed by atoms with Crippen LogP contribution in [0.2, 0.25) is 0 Å². The van der Waals surface area contributed by atoms with Crippen LogP contribution in [0.5, 0.6) is 5.75 Å². The number of fused-ring (bicyclic) bond motifs is 2. The zero-order valence-corrected chi connectivity index (χ0v) is 14.0. The van der Waals surface area contributed by atoms with Crippen molar-refractivity contribution in [1.82, 2.24) is 19.4 Å². The van der Waals surface area contributed by atoms with E-state index in [0.29, 0.717) is 22.7 Å². The van der Waals surface area contributed by atoms with E-state index >= 15 is 0 Å². The van der Waals surface area contributed by atoms with Crippen molar-refractivity contribution in [3.8, 4) is 17.0 Å². The number of aromatic nitrogens is 4. The molecule has 0 aliphatic heterocycles. The number of phenols is 1. The Kier molecular flexibility index (Phi) is 3.33. The molecule has 0 saturated heterocycles. The maximum Gasteiger partial charge on any atom is 0.180 e. The Morgan fingerprint density at radius 3 is 2.93 bits per heavy atom. The lowest BCUT2D eigenvalue weighted by molar-refractivity contribution is 0.432. The highest BCUT2D eigenvalue weighted by molar-refractivity contribution is 5.85. The Balaban J connectivity index is 1.62. The van der Waals surface area contributed by atoms with E-state index in [1.165, 1.54) is 12.1 Å². The number of aromatic hydroxyl groups is 1. The van der Waals surface area contributed by atoms with Crippen LogP contribution in [0.3, 0.4) is 0 Å². The first-order valence-corrected chi connectivity index (χ1v) is 8.34. The molecular formula is C20H14FN5O. The van der Waals surface area contributed by atoms with Gasteiger partial charge in [0.1, 0.15) is 0 Å². The van der Waals surface area contributed by atoms with Gasteiger partial charge < -0.3 is 19.8 Å². The number of aromatic amines is 1. The second-order valence-electron chi connectivity index (χ2n) is 6.20. The van der Waals surface area contributed by atoms with E-state index in [4.69, 9.17) is 0 Å². The van der Waals surface area contributed by atoms with E-state index in [1.54, 1.807) is 18.5 Å². The summed E-state index contributed by atoms with van der Waals surface area (Å²) in [5, 5.41) is 14.1. The predicted molar refractivity (Wildman–Crippen MR) is 102 cm³/mol. The van der Waals surface area contributed by atoms with E-state index < -0.39 is 11.6 Å². The summed E-state index contributed by atoms with van der Waals surface area (Å²) in [7, 11) is 0. The number of rotatable bonds is 3. The van der Waals surface area contributed by atoms with Gasteiger partial charge in [-0.15, -0.1) is 0 Å². The highest BCUT2D eigenvalue weighted by Crippen LogP contribution is 2.28. The summed E-state index contributed by atoms with van der Waals surface area (Å²) < 4.78 is 15.2. The second kappa shape index (κ2) is 5.84. The van der Waals surface area contributed by atoms with Crippen LogP contribution in [0.15, 0.2) is 67.3 Å². The predicted octanol–water partition coefficient (Wildman–Crippen LogP) is 4.47. The molecule has 2 aromatic carbocycles. The average molecular weight is 359 g/mol. The highest BCUT2D eigenvalue weighted by atomic mass is 19.1. The molecule has 0 spiro atoms. The van der Waals surface area contributed by atoms with Crippen molar-refractivity contribution in [2.45, 2.75) is 0 Å². The number of nitrogens with one attached hydrogen (secondary N) is 2. The average Bonchev–Trinajstić information content (AvgIpc) is 3.32. The summed E-state index contributed by atoms with van der Waals surface area (Å²) in [5.41, 5.74) is 3.78. The molecule has 5 rings (SSSR count). The molecule has 0 aliphatic rings. The molecule has 0 aliphatic carbocycles. The van der Waals surface area contributed by atoms with Gasteiger partial charge in [0.15, 0.2) is 23.0 Å². The van der Waals surface area contributed by atoms with Gasteiger partial charge in [-0.1, -0.05) is 0 Å². The molecule has 7 heteroatoms. The van der Waals surface area contributed by atoms with Gasteiger partial charge in [-0.05, 0) is 42.5 Å². The molecule has 0 saturated carbocycles. The van der Waals surface area contributed by atoms with Crippen molar-refractivity contribution in [2.24, 2.45) is 0 Å². The normalized spacial score (nSPS) is 11.3. The van der Waals surface area contributed by atoms with Crippen molar-refractivity contribution in [2.75, 3.05) is 5.32 Å². The fourth-order valence-corrected chi connectivity index (χ4v) is 3.09. The van der Waals surface area contributed by atoms with Crippen LogP contribution in [0.1, 0.15) is 0 Å². The molecule has 5 aromatic rings. The molecule has 0 unspecified atom stereocenters. The van der Waals surface area contributed by atoms with Crippen LogP contribution in [-0.2, 0) is 0 Å². The smallest absolute Gasteiger partial charge is 0.180 e. The number of hydrogen-bond acceptors (Lipinski definition) is 4. The second-order valence-corrected chi connectivity index (χ2v) is 6.20. The number of imidazole rings is 1. The number of halogens is 1. The quantitative estimate of drug-likeness (QED) is 0.444. The topological polar surface area (TPSA) is 78.2 Å². The van der Waals surface area contributed by atoms with Crippen LogP contribution in [0, 0.1) is 5.82 Å². The zero-order valence-electron chi connectivity index (χ0n) is 14.0. The van der Waals surface area contributed by atoms with Gasteiger partial charge in [-0.25, -0.2) is 14.4 Å². The maximum atomic E-state index is 13.4. The summed E-state index contributed by atoms with van der Waals surface area (Å²) in [4.78, 5) is 12.2. The van der Waals surface area contributed by atoms with Gasteiger partial charge in [0.2, 0.25) is 0 Å². The van der Waals surface area contributed by atoms with Crippen molar-refractivity contribution in [3.63, 3.8) is 0 Å². The van der Waals surface area contributed by atoms with Crippen LogP contribution in [-0.4, -0.2) is 24.5 Å². The minimum atomic E-state index is -0.666. The van der Waals surface area contributed by atoms with Gasteiger partial charge in [0, 0.05) is 46.9 Å². The molecule has 6 nitrogen and oxygen atoms in total. The largest absolute Gasteiger partial charge is 0.505 e. The van der Waals surface area contributed by atoms with Crippen LogP contribution < -0.4 is 5.32 Å². The number of hydrogen-bond donors (Lipinski definition) is 3. The first-order valence-electron chi connectivity index (χ1n) is 8.34. The van der Waals surface area contributed by atoms with Gasteiger partial charge in [-0.2, -0.15) is 0 Å². The molecular weight excluding hydrogens is 345 g/mol. The monoisotopic (exact) mass is 359 g/mol. The zero-order chi connectivity index (χ0) is 18.4. The molecule has 3 aromatic heterocycles. The summed E-state index contributed by atoms with van der Waals surface area (Å²) >= 11 is 0. The van der Waals surface area contributed by atoms with Crippen molar-refractivity contribution in [3.05, 3.63) is 73.1 Å². The third-order valence-electron chi connectivity index (χ3n) is 4.43. The van der Waals surface area contributed by atoms with E-state index in [1.807, 2.05) is 41.1 Å². The molecule has 0 radical (unpaired) electrons. The molecule has 27 heavy (non-hydrogen) atoms. The van der Waals surface area contributed by atoms with Crippen molar-refractivity contribution in [1.29, 1.82) is 0 Å². The maximum absolute atomic E-state index is 13.4. The number of benzene rings is 2. The third kappa shape index (κ3) is 2.65. The van der Waals surface area contributed by atoms with Crippen LogP contribution in [0.25, 0.3) is 27.8 Å². The number of H-pyrrole nitrogens is 1. The summed E-state index contributed by atoms with van der Waals surface area (Å²) in [6, 6.07) is 12.1. The fraction of sp³-hybridized carbons (Fsp3) is 0. The third-order valence-corrected chi connectivity index (χ3v) is 4.43. The Bertz CT molecular complexity index is 1290. The molecule has 0 fully saturated rings. The lowest BCUT2D eigenvalue weighted by atomic mass is 10.1. The Morgan fingerprint density at radius 1 is 1.11 bits per heavy atom. The molecule has 0 atom stereocenters. The summed E-state index contributed by atoms with van der Waals surface area (Å²) in [6.07, 6.45) is 7.17. The van der Waals surface area contributed by atoms with Gasteiger partial charge in [-0.3, -0.25) is 0 Å². The Labute approximate surface area is 153 Å². The molecule has 3 heterocycles. The number of phenolic OH excluding ortho intramolecular Hbond substituents is 1. The Hall–Kier alpha value is -3.87.